The summed E-state index contributed by atoms with van der Waals surface area (Å²) in [5.41, 5.74) is 2.89. The van der Waals surface area contributed by atoms with Gasteiger partial charge in [0.05, 0.1) is 8.66 Å². The first-order chi connectivity index (χ1) is 8.00. The van der Waals surface area contributed by atoms with Crippen LogP contribution >= 0.6 is 43.2 Å². The van der Waals surface area contributed by atoms with Crippen LogP contribution in [0.15, 0.2) is 32.5 Å². The Labute approximate surface area is 121 Å². The van der Waals surface area contributed by atoms with Gasteiger partial charge in [-0.05, 0) is 69.0 Å². The Morgan fingerprint density at radius 2 is 1.88 bits per heavy atom. The number of benzene rings is 1. The molecule has 0 fully saturated rings. The summed E-state index contributed by atoms with van der Waals surface area (Å²) in [4.78, 5) is 13.1. The number of halogens is 2. The quantitative estimate of drug-likeness (QED) is 0.667. The van der Waals surface area contributed by atoms with E-state index in [0.717, 1.165) is 29.8 Å². The topological polar surface area (TPSA) is 17.1 Å². The Bertz CT molecular complexity index is 568. The van der Waals surface area contributed by atoms with Gasteiger partial charge in [-0.15, -0.1) is 11.3 Å². The maximum Gasteiger partial charge on any atom is 0.204 e. The normalized spacial score (nSPS) is 10.6. The van der Waals surface area contributed by atoms with Crippen LogP contribution in [0, 0.1) is 13.8 Å². The molecule has 88 valence electrons. The molecule has 0 unspecified atom stereocenters. The van der Waals surface area contributed by atoms with Crippen molar-refractivity contribution >= 4 is 49.0 Å². The minimum absolute atomic E-state index is 0.0689. The molecule has 1 heterocycles. The van der Waals surface area contributed by atoms with Gasteiger partial charge in [-0.2, -0.15) is 0 Å². The van der Waals surface area contributed by atoms with Crippen LogP contribution < -0.4 is 0 Å². The highest BCUT2D eigenvalue weighted by Crippen LogP contribution is 2.31. The first-order valence-electron chi connectivity index (χ1n) is 5.06. The number of carbonyl (C=O) groups is 1. The molecule has 0 N–H and O–H groups in total. The summed E-state index contributed by atoms with van der Waals surface area (Å²) in [5, 5.41) is 0. The molecule has 2 aromatic rings. The van der Waals surface area contributed by atoms with E-state index < -0.39 is 0 Å². The van der Waals surface area contributed by atoms with E-state index in [1.54, 1.807) is 0 Å². The Morgan fingerprint density at radius 3 is 2.47 bits per heavy atom. The van der Waals surface area contributed by atoms with Crippen molar-refractivity contribution in [2.75, 3.05) is 0 Å². The van der Waals surface area contributed by atoms with Gasteiger partial charge in [0.1, 0.15) is 0 Å². The van der Waals surface area contributed by atoms with E-state index in [0.29, 0.717) is 0 Å². The van der Waals surface area contributed by atoms with E-state index in [-0.39, 0.29) is 5.78 Å². The first kappa shape index (κ1) is 13.0. The van der Waals surface area contributed by atoms with E-state index in [4.69, 9.17) is 0 Å². The Hall–Kier alpha value is -0.450. The molecule has 4 heteroatoms. The highest BCUT2D eigenvalue weighted by molar-refractivity contribution is 9.11. The van der Waals surface area contributed by atoms with Crippen LogP contribution in [0.1, 0.15) is 26.4 Å². The highest BCUT2D eigenvalue weighted by Gasteiger charge is 2.16. The average Bonchev–Trinajstić information content (AvgIpc) is 2.62. The SMILES string of the molecule is Cc1cc(C(=O)c2cccc(C)c2Br)sc1Br. The molecule has 0 spiro atoms. The van der Waals surface area contributed by atoms with Crippen LogP contribution in [0.25, 0.3) is 0 Å². The summed E-state index contributed by atoms with van der Waals surface area (Å²) in [7, 11) is 0. The van der Waals surface area contributed by atoms with Crippen molar-refractivity contribution in [3.8, 4) is 0 Å². The Kier molecular flexibility index (Phi) is 3.85. The van der Waals surface area contributed by atoms with Crippen LogP contribution in [0.5, 0.6) is 0 Å². The number of aryl methyl sites for hydroxylation is 2. The molecule has 1 nitrogen and oxygen atoms in total. The number of hydrogen-bond donors (Lipinski definition) is 0. The lowest BCUT2D eigenvalue weighted by Crippen LogP contribution is -2.00. The lowest BCUT2D eigenvalue weighted by Gasteiger charge is -2.04. The molecule has 1 aromatic heterocycles. The second-order valence-electron chi connectivity index (χ2n) is 3.83. The number of rotatable bonds is 2. The zero-order chi connectivity index (χ0) is 12.6. The summed E-state index contributed by atoms with van der Waals surface area (Å²) in [6.07, 6.45) is 0. The van der Waals surface area contributed by atoms with Crippen LogP contribution in [-0.4, -0.2) is 5.78 Å². The fourth-order valence-corrected chi connectivity index (χ4v) is 3.46. The maximum absolute atomic E-state index is 12.3. The molecule has 0 radical (unpaired) electrons. The van der Waals surface area contributed by atoms with Gasteiger partial charge in [-0.25, -0.2) is 0 Å². The van der Waals surface area contributed by atoms with Gasteiger partial charge in [-0.1, -0.05) is 12.1 Å². The van der Waals surface area contributed by atoms with Crippen molar-refractivity contribution in [3.05, 3.63) is 54.1 Å². The van der Waals surface area contributed by atoms with Crippen LogP contribution in [-0.2, 0) is 0 Å². The third-order valence-corrected chi connectivity index (χ3v) is 5.71. The molecule has 0 saturated heterocycles. The molecular formula is C13H10Br2OS. The Morgan fingerprint density at radius 1 is 1.18 bits per heavy atom. The van der Waals surface area contributed by atoms with Gasteiger partial charge in [0.15, 0.2) is 0 Å². The standard InChI is InChI=1S/C13H10Br2OS/c1-7-4-3-5-9(11(7)14)12(16)10-6-8(2)13(15)17-10/h3-6H,1-2H3. The second kappa shape index (κ2) is 5.04. The third-order valence-electron chi connectivity index (χ3n) is 2.52. The van der Waals surface area contributed by atoms with E-state index >= 15 is 0 Å². The summed E-state index contributed by atoms with van der Waals surface area (Å²) in [6, 6.07) is 7.66. The van der Waals surface area contributed by atoms with Crippen molar-refractivity contribution in [2.24, 2.45) is 0 Å². The minimum atomic E-state index is 0.0689. The molecule has 1 aromatic carbocycles. The number of thiophene rings is 1. The van der Waals surface area contributed by atoms with Crippen molar-refractivity contribution in [1.82, 2.24) is 0 Å². The van der Waals surface area contributed by atoms with Gasteiger partial charge in [-0.3, -0.25) is 4.79 Å². The summed E-state index contributed by atoms with van der Waals surface area (Å²) in [6.45, 7) is 3.97. The van der Waals surface area contributed by atoms with Gasteiger partial charge in [0.2, 0.25) is 5.78 Å². The van der Waals surface area contributed by atoms with Crippen LogP contribution in [0.2, 0.25) is 0 Å². The first-order valence-corrected chi connectivity index (χ1v) is 7.46. The molecule has 2 rings (SSSR count). The van der Waals surface area contributed by atoms with Gasteiger partial charge in [0, 0.05) is 10.0 Å². The van der Waals surface area contributed by atoms with Gasteiger partial charge >= 0.3 is 0 Å². The zero-order valence-corrected chi connectivity index (χ0v) is 13.4. The van der Waals surface area contributed by atoms with Gasteiger partial charge in [0.25, 0.3) is 0 Å². The summed E-state index contributed by atoms with van der Waals surface area (Å²) >= 11 is 8.40. The molecule has 0 bridgehead atoms. The molecule has 17 heavy (non-hydrogen) atoms. The largest absolute Gasteiger partial charge is 0.288 e. The number of ketones is 1. The molecule has 0 saturated carbocycles. The molecule has 0 amide bonds. The zero-order valence-electron chi connectivity index (χ0n) is 9.38. The number of hydrogen-bond acceptors (Lipinski definition) is 2. The van der Waals surface area contributed by atoms with Crippen molar-refractivity contribution < 1.29 is 4.79 Å². The van der Waals surface area contributed by atoms with Crippen molar-refractivity contribution in [1.29, 1.82) is 0 Å². The van der Waals surface area contributed by atoms with Crippen molar-refractivity contribution in [2.45, 2.75) is 13.8 Å². The smallest absolute Gasteiger partial charge is 0.204 e. The van der Waals surface area contributed by atoms with E-state index in [9.17, 15) is 4.79 Å². The van der Waals surface area contributed by atoms with Crippen LogP contribution in [0.3, 0.4) is 0 Å². The van der Waals surface area contributed by atoms with E-state index in [2.05, 4.69) is 31.9 Å². The van der Waals surface area contributed by atoms with E-state index in [1.807, 2.05) is 38.1 Å². The monoisotopic (exact) mass is 372 g/mol. The lowest BCUT2D eigenvalue weighted by atomic mass is 10.1. The maximum atomic E-state index is 12.3. The molecule has 0 aliphatic heterocycles. The summed E-state index contributed by atoms with van der Waals surface area (Å²) in [5.74, 6) is 0.0689. The molecular weight excluding hydrogens is 364 g/mol. The van der Waals surface area contributed by atoms with Gasteiger partial charge < -0.3 is 0 Å². The van der Waals surface area contributed by atoms with E-state index in [1.165, 1.54) is 11.3 Å². The molecule has 0 aliphatic rings. The highest BCUT2D eigenvalue weighted by atomic mass is 79.9. The predicted octanol–water partition coefficient (Wildman–Crippen LogP) is 5.12. The molecule has 0 atom stereocenters. The Balaban J connectivity index is 2.47. The number of carbonyl (C=O) groups excluding carboxylic acids is 1. The minimum Gasteiger partial charge on any atom is -0.288 e. The lowest BCUT2D eigenvalue weighted by molar-refractivity contribution is 0.104. The fourth-order valence-electron chi connectivity index (χ4n) is 1.53. The average molecular weight is 374 g/mol. The summed E-state index contributed by atoms with van der Waals surface area (Å²) < 4.78 is 1.90. The second-order valence-corrected chi connectivity index (χ2v) is 7.00. The molecule has 0 aliphatic carbocycles. The fraction of sp³-hybridized carbons (Fsp3) is 0.154. The third kappa shape index (κ3) is 2.54. The van der Waals surface area contributed by atoms with Crippen molar-refractivity contribution in [3.63, 3.8) is 0 Å². The van der Waals surface area contributed by atoms with Crippen LogP contribution in [0.4, 0.5) is 0 Å². The predicted molar refractivity (Wildman–Crippen MR) is 79.1 cm³/mol.